The molecule has 0 aromatic carbocycles. The Balaban J connectivity index is 2.63. The van der Waals surface area contributed by atoms with Crippen LogP contribution in [0.2, 0.25) is 0 Å². The maximum Gasteiger partial charge on any atom is 0.233 e. The topological polar surface area (TPSA) is 108 Å². The van der Waals surface area contributed by atoms with Crippen LogP contribution in [0, 0.1) is 5.41 Å². The average Bonchev–Trinajstić information content (AvgIpc) is 2.32. The van der Waals surface area contributed by atoms with Gasteiger partial charge in [0.25, 0.3) is 0 Å². The first-order valence-electron chi connectivity index (χ1n) is 5.82. The van der Waals surface area contributed by atoms with E-state index < -0.39 is 5.41 Å². The number of carbonyl (C=O) groups excluding carboxylic acids is 2. The summed E-state index contributed by atoms with van der Waals surface area (Å²) < 4.78 is 0. The van der Waals surface area contributed by atoms with Gasteiger partial charge in [0.1, 0.15) is 5.41 Å². The van der Waals surface area contributed by atoms with Crippen molar-refractivity contribution in [2.24, 2.45) is 16.3 Å². The molecule has 0 aromatic heterocycles. The minimum Gasteiger partial charge on any atom is -0.409 e. The van der Waals surface area contributed by atoms with Gasteiger partial charge in [0, 0.05) is 26.1 Å². The third-order valence-electron chi connectivity index (χ3n) is 3.28. The molecule has 1 atom stereocenters. The zero-order chi connectivity index (χ0) is 13.9. The first kappa shape index (κ1) is 14.3. The quantitative estimate of drug-likeness (QED) is 0.274. The molecule has 1 rings (SSSR count). The molecule has 0 spiro atoms. The second-order valence-electron chi connectivity index (χ2n) is 5.09. The summed E-state index contributed by atoms with van der Waals surface area (Å²) in [5, 5.41) is 14.3. The van der Waals surface area contributed by atoms with E-state index in [2.05, 4.69) is 10.5 Å². The number of nitrogens with one attached hydrogen (secondary N) is 1. The molecule has 0 bridgehead atoms. The standard InChI is InChI=1S/C11H20N4O3/c1-11(2,9(12)14-18)10(17)13-7-4-5-8(16)15(3)6-7/h7,18H,4-6H2,1-3H3,(H2,12,14)(H,13,17). The van der Waals surface area contributed by atoms with E-state index >= 15 is 0 Å². The lowest BCUT2D eigenvalue weighted by atomic mass is 9.90. The summed E-state index contributed by atoms with van der Waals surface area (Å²) in [4.78, 5) is 24.9. The third kappa shape index (κ3) is 2.91. The molecule has 1 saturated heterocycles. The number of hydrogen-bond acceptors (Lipinski definition) is 4. The van der Waals surface area contributed by atoms with Crippen molar-refractivity contribution >= 4 is 17.6 Å². The molecule has 102 valence electrons. The Morgan fingerprint density at radius 2 is 2.22 bits per heavy atom. The first-order valence-corrected chi connectivity index (χ1v) is 5.82. The number of oxime groups is 1. The van der Waals surface area contributed by atoms with E-state index in [1.54, 1.807) is 25.8 Å². The van der Waals surface area contributed by atoms with Gasteiger partial charge in [0.2, 0.25) is 11.8 Å². The molecule has 0 radical (unpaired) electrons. The molecular formula is C11H20N4O3. The summed E-state index contributed by atoms with van der Waals surface area (Å²) in [5.41, 5.74) is 4.41. The highest BCUT2D eigenvalue weighted by atomic mass is 16.4. The van der Waals surface area contributed by atoms with Gasteiger partial charge in [-0.1, -0.05) is 5.16 Å². The molecule has 1 fully saturated rings. The van der Waals surface area contributed by atoms with Crippen LogP contribution in [0.15, 0.2) is 5.16 Å². The van der Waals surface area contributed by atoms with Gasteiger partial charge in [0.15, 0.2) is 5.84 Å². The largest absolute Gasteiger partial charge is 0.409 e. The lowest BCUT2D eigenvalue weighted by Gasteiger charge is -2.32. The number of likely N-dealkylation sites (tertiary alicyclic amines) is 1. The van der Waals surface area contributed by atoms with Crippen molar-refractivity contribution in [2.45, 2.75) is 32.7 Å². The van der Waals surface area contributed by atoms with Gasteiger partial charge in [-0.05, 0) is 20.3 Å². The maximum absolute atomic E-state index is 12.0. The molecule has 18 heavy (non-hydrogen) atoms. The minimum atomic E-state index is -1.07. The predicted octanol–water partition coefficient (Wildman–Crippen LogP) is -0.504. The Kier molecular flexibility index (Phi) is 4.15. The normalized spacial score (nSPS) is 21.9. The summed E-state index contributed by atoms with van der Waals surface area (Å²) in [7, 11) is 1.70. The van der Waals surface area contributed by atoms with Crippen LogP contribution in [0.25, 0.3) is 0 Å². The fraction of sp³-hybridized carbons (Fsp3) is 0.727. The van der Waals surface area contributed by atoms with Gasteiger partial charge in [-0.2, -0.15) is 0 Å². The van der Waals surface area contributed by atoms with Crippen molar-refractivity contribution in [3.8, 4) is 0 Å². The second-order valence-corrected chi connectivity index (χ2v) is 5.09. The van der Waals surface area contributed by atoms with Gasteiger partial charge in [-0.3, -0.25) is 9.59 Å². The number of rotatable bonds is 3. The van der Waals surface area contributed by atoms with Crippen molar-refractivity contribution in [1.29, 1.82) is 0 Å². The second kappa shape index (κ2) is 5.24. The zero-order valence-corrected chi connectivity index (χ0v) is 10.9. The van der Waals surface area contributed by atoms with E-state index in [1.807, 2.05) is 0 Å². The molecule has 0 aliphatic carbocycles. The highest BCUT2D eigenvalue weighted by molar-refractivity contribution is 6.06. The molecule has 7 heteroatoms. The van der Waals surface area contributed by atoms with Crippen LogP contribution in [-0.4, -0.2) is 47.4 Å². The molecule has 1 aliphatic heterocycles. The third-order valence-corrected chi connectivity index (χ3v) is 3.28. The van der Waals surface area contributed by atoms with E-state index in [1.165, 1.54) is 0 Å². The van der Waals surface area contributed by atoms with Gasteiger partial charge < -0.3 is 21.2 Å². The summed E-state index contributed by atoms with van der Waals surface area (Å²) in [6, 6.07) is -0.0917. The van der Waals surface area contributed by atoms with Gasteiger partial charge in [-0.15, -0.1) is 0 Å². The highest BCUT2D eigenvalue weighted by Crippen LogP contribution is 2.17. The Morgan fingerprint density at radius 3 is 2.72 bits per heavy atom. The molecule has 1 unspecified atom stereocenters. The van der Waals surface area contributed by atoms with Crippen LogP contribution < -0.4 is 11.1 Å². The first-order chi connectivity index (χ1) is 8.28. The van der Waals surface area contributed by atoms with Crippen LogP contribution >= 0.6 is 0 Å². The lowest BCUT2D eigenvalue weighted by molar-refractivity contribution is -0.135. The summed E-state index contributed by atoms with van der Waals surface area (Å²) in [6.07, 6.45) is 1.03. The number of hydrogen-bond donors (Lipinski definition) is 3. The monoisotopic (exact) mass is 256 g/mol. The fourth-order valence-electron chi connectivity index (χ4n) is 1.74. The van der Waals surface area contributed by atoms with Crippen molar-refractivity contribution in [1.82, 2.24) is 10.2 Å². The number of nitrogens with zero attached hydrogens (tertiary/aromatic N) is 2. The van der Waals surface area contributed by atoms with E-state index in [4.69, 9.17) is 10.9 Å². The van der Waals surface area contributed by atoms with Crippen molar-refractivity contribution in [3.05, 3.63) is 0 Å². The number of likely N-dealkylation sites (N-methyl/N-ethyl adjacent to an activating group) is 1. The molecule has 2 amide bonds. The predicted molar refractivity (Wildman–Crippen MR) is 66.0 cm³/mol. The number of carbonyl (C=O) groups is 2. The fourth-order valence-corrected chi connectivity index (χ4v) is 1.74. The number of nitrogens with two attached hydrogens (primary N) is 1. The van der Waals surface area contributed by atoms with Gasteiger partial charge in [-0.25, -0.2) is 0 Å². The molecule has 0 aromatic rings. The van der Waals surface area contributed by atoms with Gasteiger partial charge >= 0.3 is 0 Å². The Bertz CT molecular complexity index is 378. The SMILES string of the molecule is CN1CC(NC(=O)C(C)(C)C(N)=NO)CCC1=O. The Labute approximate surface area is 106 Å². The summed E-state index contributed by atoms with van der Waals surface area (Å²) in [6.45, 7) is 3.64. The van der Waals surface area contributed by atoms with Crippen LogP contribution in [0.5, 0.6) is 0 Å². The van der Waals surface area contributed by atoms with Crippen LogP contribution in [0.3, 0.4) is 0 Å². The molecular weight excluding hydrogens is 236 g/mol. The average molecular weight is 256 g/mol. The zero-order valence-electron chi connectivity index (χ0n) is 10.9. The van der Waals surface area contributed by atoms with E-state index in [-0.39, 0.29) is 23.7 Å². The Morgan fingerprint density at radius 1 is 1.61 bits per heavy atom. The number of piperidine rings is 1. The maximum atomic E-state index is 12.0. The van der Waals surface area contributed by atoms with E-state index in [0.717, 1.165) is 0 Å². The lowest BCUT2D eigenvalue weighted by Crippen LogP contribution is -2.54. The van der Waals surface area contributed by atoms with Crippen molar-refractivity contribution in [3.63, 3.8) is 0 Å². The molecule has 0 saturated carbocycles. The molecule has 1 aliphatic rings. The van der Waals surface area contributed by atoms with Crippen molar-refractivity contribution in [2.75, 3.05) is 13.6 Å². The van der Waals surface area contributed by atoms with Crippen LogP contribution in [-0.2, 0) is 9.59 Å². The number of amides is 2. The van der Waals surface area contributed by atoms with Crippen LogP contribution in [0.1, 0.15) is 26.7 Å². The Hall–Kier alpha value is -1.79. The number of amidine groups is 1. The summed E-state index contributed by atoms with van der Waals surface area (Å²) >= 11 is 0. The van der Waals surface area contributed by atoms with Gasteiger partial charge in [0.05, 0.1) is 0 Å². The van der Waals surface area contributed by atoms with Crippen molar-refractivity contribution < 1.29 is 14.8 Å². The van der Waals surface area contributed by atoms with Crippen LogP contribution in [0.4, 0.5) is 0 Å². The van der Waals surface area contributed by atoms with E-state index in [9.17, 15) is 9.59 Å². The van der Waals surface area contributed by atoms with E-state index in [0.29, 0.717) is 19.4 Å². The molecule has 4 N–H and O–H groups in total. The smallest absolute Gasteiger partial charge is 0.233 e. The highest BCUT2D eigenvalue weighted by Gasteiger charge is 2.35. The molecule has 7 nitrogen and oxygen atoms in total. The minimum absolute atomic E-state index is 0.0798. The summed E-state index contributed by atoms with van der Waals surface area (Å²) in [5.74, 6) is -0.373. The molecule has 1 heterocycles.